The minimum atomic E-state index is -1.17. The molecular weight excluding hydrogens is 250 g/mol. The Hall–Kier alpha value is -1.41. The van der Waals surface area contributed by atoms with Crippen molar-refractivity contribution >= 4 is 40.1 Å². The molecule has 1 rings (SSSR count). The van der Waals surface area contributed by atoms with Gasteiger partial charge in [0.2, 0.25) is 11.0 Å². The number of rotatable bonds is 5. The zero-order chi connectivity index (χ0) is 12.0. The van der Waals surface area contributed by atoms with E-state index in [9.17, 15) is 9.59 Å². The Morgan fingerprint density at radius 1 is 1.50 bits per heavy atom. The molecule has 0 aromatic carbocycles. The summed E-state index contributed by atoms with van der Waals surface area (Å²) in [6, 6.07) is 0. The average molecular weight is 259 g/mol. The van der Waals surface area contributed by atoms with Crippen LogP contribution in [0.25, 0.3) is 0 Å². The molecule has 0 spiro atoms. The number of carboxylic acid groups (broad SMARTS) is 1. The minimum absolute atomic E-state index is 0.357. The summed E-state index contributed by atoms with van der Waals surface area (Å²) in [7, 11) is 0. The number of carbonyl (C=O) groups excluding carboxylic acids is 1. The van der Waals surface area contributed by atoms with E-state index < -0.39 is 11.9 Å². The molecule has 1 aromatic rings. The van der Waals surface area contributed by atoms with Crippen LogP contribution in [0.15, 0.2) is 16.5 Å². The maximum absolute atomic E-state index is 11.2. The van der Waals surface area contributed by atoms with Gasteiger partial charge in [0, 0.05) is 12.2 Å². The van der Waals surface area contributed by atoms with Gasteiger partial charge in [-0.05, 0) is 5.75 Å². The molecule has 0 bridgehead atoms. The van der Waals surface area contributed by atoms with E-state index in [-0.39, 0.29) is 0 Å². The quantitative estimate of drug-likeness (QED) is 0.469. The van der Waals surface area contributed by atoms with Gasteiger partial charge in [0.15, 0.2) is 4.34 Å². The molecule has 1 heterocycles. The van der Waals surface area contributed by atoms with Gasteiger partial charge in [-0.25, -0.2) is 4.79 Å². The third-order valence-electron chi connectivity index (χ3n) is 1.28. The maximum atomic E-state index is 11.2. The predicted molar refractivity (Wildman–Crippen MR) is 61.7 cm³/mol. The van der Waals surface area contributed by atoms with Gasteiger partial charge in [0.1, 0.15) is 0 Å². The molecule has 1 amide bonds. The number of thioether (sulfide) groups is 1. The van der Waals surface area contributed by atoms with Crippen molar-refractivity contribution in [1.82, 2.24) is 10.2 Å². The van der Waals surface area contributed by atoms with Gasteiger partial charge in [-0.1, -0.05) is 30.0 Å². The van der Waals surface area contributed by atoms with Crippen molar-refractivity contribution in [2.45, 2.75) is 11.3 Å². The zero-order valence-electron chi connectivity index (χ0n) is 8.34. The summed E-state index contributed by atoms with van der Waals surface area (Å²) in [5, 5.41) is 18.6. The molecule has 86 valence electrons. The molecule has 0 aliphatic carbocycles. The number of nitrogens with zero attached hydrogens (tertiary/aromatic N) is 2. The molecule has 1 aromatic heterocycles. The fraction of sp³-hybridized carbons (Fsp3) is 0.250. The lowest BCUT2D eigenvalue weighted by Gasteiger charge is -1.92. The van der Waals surface area contributed by atoms with Crippen molar-refractivity contribution in [3.63, 3.8) is 0 Å². The van der Waals surface area contributed by atoms with Crippen LogP contribution < -0.4 is 5.32 Å². The second-order valence-electron chi connectivity index (χ2n) is 2.47. The summed E-state index contributed by atoms with van der Waals surface area (Å²) in [5.41, 5.74) is 0. The average Bonchev–Trinajstić information content (AvgIpc) is 2.63. The lowest BCUT2D eigenvalue weighted by atomic mass is 10.5. The van der Waals surface area contributed by atoms with Crippen LogP contribution in [0.5, 0.6) is 0 Å². The molecule has 0 fully saturated rings. The molecule has 0 atom stereocenters. The fourth-order valence-electron chi connectivity index (χ4n) is 0.736. The van der Waals surface area contributed by atoms with Crippen LogP contribution in [0.2, 0.25) is 0 Å². The first kappa shape index (κ1) is 12.7. The Morgan fingerprint density at radius 3 is 2.88 bits per heavy atom. The number of carbonyl (C=O) groups is 2. The van der Waals surface area contributed by atoms with Crippen LogP contribution in [0.4, 0.5) is 5.13 Å². The third-order valence-corrected chi connectivity index (χ3v) is 3.14. The summed E-state index contributed by atoms with van der Waals surface area (Å²) in [4.78, 5) is 21.3. The molecule has 0 saturated heterocycles. The van der Waals surface area contributed by atoms with Crippen molar-refractivity contribution in [3.05, 3.63) is 12.2 Å². The first-order valence-electron chi connectivity index (χ1n) is 4.30. The number of carboxylic acids is 1. The summed E-state index contributed by atoms with van der Waals surface area (Å²) >= 11 is 2.77. The van der Waals surface area contributed by atoms with Crippen LogP contribution in [-0.2, 0) is 9.59 Å². The highest BCUT2D eigenvalue weighted by atomic mass is 32.2. The van der Waals surface area contributed by atoms with Crippen LogP contribution in [0.1, 0.15) is 6.92 Å². The van der Waals surface area contributed by atoms with E-state index in [1.165, 1.54) is 23.1 Å². The maximum Gasteiger partial charge on any atom is 0.328 e. The minimum Gasteiger partial charge on any atom is -0.478 e. The van der Waals surface area contributed by atoms with Gasteiger partial charge in [-0.3, -0.25) is 10.1 Å². The van der Waals surface area contributed by atoms with Crippen LogP contribution in [-0.4, -0.2) is 32.9 Å². The number of anilines is 1. The van der Waals surface area contributed by atoms with Gasteiger partial charge < -0.3 is 5.11 Å². The predicted octanol–water partition coefficient (Wildman–Crippen LogP) is 1.23. The van der Waals surface area contributed by atoms with Gasteiger partial charge in [-0.2, -0.15) is 0 Å². The van der Waals surface area contributed by atoms with Crippen molar-refractivity contribution in [2.24, 2.45) is 0 Å². The summed E-state index contributed by atoms with van der Waals surface area (Å²) in [6.07, 6.45) is 1.69. The fourth-order valence-corrected chi connectivity index (χ4v) is 2.39. The smallest absolute Gasteiger partial charge is 0.328 e. The molecule has 0 aliphatic rings. The number of nitrogens with one attached hydrogen (secondary N) is 1. The molecule has 0 unspecified atom stereocenters. The van der Waals surface area contributed by atoms with E-state index in [1.54, 1.807) is 0 Å². The second kappa shape index (κ2) is 6.23. The second-order valence-corrected chi connectivity index (χ2v) is 4.96. The normalized spacial score (nSPS) is 10.6. The molecule has 0 aliphatic heterocycles. The van der Waals surface area contributed by atoms with Gasteiger partial charge >= 0.3 is 5.97 Å². The molecule has 0 saturated carbocycles. The van der Waals surface area contributed by atoms with E-state index >= 15 is 0 Å². The van der Waals surface area contributed by atoms with E-state index in [4.69, 9.17) is 5.11 Å². The lowest BCUT2D eigenvalue weighted by Crippen LogP contribution is -2.08. The van der Waals surface area contributed by atoms with Crippen molar-refractivity contribution < 1.29 is 14.7 Å². The third kappa shape index (κ3) is 4.41. The Morgan fingerprint density at radius 2 is 2.25 bits per heavy atom. The highest BCUT2D eigenvalue weighted by Gasteiger charge is 2.05. The van der Waals surface area contributed by atoms with Crippen molar-refractivity contribution in [3.8, 4) is 0 Å². The molecule has 6 nitrogen and oxygen atoms in total. The van der Waals surface area contributed by atoms with E-state index in [0.29, 0.717) is 5.13 Å². The molecule has 2 N–H and O–H groups in total. The Labute approximate surface area is 99.8 Å². The number of aromatic nitrogens is 2. The van der Waals surface area contributed by atoms with Crippen LogP contribution >= 0.6 is 23.1 Å². The van der Waals surface area contributed by atoms with Gasteiger partial charge in [-0.15, -0.1) is 10.2 Å². The number of aliphatic carboxylic acids is 1. The zero-order valence-corrected chi connectivity index (χ0v) is 9.97. The van der Waals surface area contributed by atoms with Crippen LogP contribution in [0, 0.1) is 0 Å². The number of amides is 1. The molecule has 8 heteroatoms. The standard InChI is InChI=1S/C8H9N3O3S2/c1-2-15-8-11-10-7(16-8)9-5(12)3-4-6(13)14/h3-4H,2H2,1H3,(H,13,14)(H,9,10,12)/b4-3+. The summed E-state index contributed by atoms with van der Waals surface area (Å²) in [5.74, 6) is -0.831. The van der Waals surface area contributed by atoms with Crippen molar-refractivity contribution in [2.75, 3.05) is 11.1 Å². The highest BCUT2D eigenvalue weighted by Crippen LogP contribution is 2.24. The van der Waals surface area contributed by atoms with E-state index in [1.807, 2.05) is 6.92 Å². The molecule has 0 radical (unpaired) electrons. The highest BCUT2D eigenvalue weighted by molar-refractivity contribution is 8.01. The monoisotopic (exact) mass is 259 g/mol. The number of hydrogen-bond donors (Lipinski definition) is 2. The largest absolute Gasteiger partial charge is 0.478 e. The first-order chi connectivity index (χ1) is 7.61. The van der Waals surface area contributed by atoms with Gasteiger partial charge in [0.25, 0.3) is 0 Å². The van der Waals surface area contributed by atoms with E-state index in [2.05, 4.69) is 15.5 Å². The van der Waals surface area contributed by atoms with Crippen molar-refractivity contribution in [1.29, 1.82) is 0 Å². The van der Waals surface area contributed by atoms with Crippen LogP contribution in [0.3, 0.4) is 0 Å². The summed E-state index contributed by atoms with van der Waals surface area (Å²) < 4.78 is 0.764. The lowest BCUT2D eigenvalue weighted by molar-refractivity contribution is -0.131. The van der Waals surface area contributed by atoms with E-state index in [0.717, 1.165) is 22.2 Å². The summed E-state index contributed by atoms with van der Waals surface area (Å²) in [6.45, 7) is 1.99. The Bertz CT molecular complexity index is 416. The topological polar surface area (TPSA) is 92.2 Å². The Balaban J connectivity index is 2.52. The molecule has 16 heavy (non-hydrogen) atoms. The van der Waals surface area contributed by atoms with Gasteiger partial charge in [0.05, 0.1) is 0 Å². The number of hydrogen-bond acceptors (Lipinski definition) is 6. The SMILES string of the molecule is CCSc1nnc(NC(=O)/C=C/C(=O)O)s1. The Kier molecular flexibility index (Phi) is 4.93. The molecular formula is C8H9N3O3S2. The first-order valence-corrected chi connectivity index (χ1v) is 6.10.